The molecule has 0 radical (unpaired) electrons. The molecule has 7 heteroatoms. The minimum atomic E-state index is -1.05. The van der Waals surface area contributed by atoms with Crippen LogP contribution in [0.15, 0.2) is 84.9 Å². The van der Waals surface area contributed by atoms with E-state index in [2.05, 4.69) is 10.2 Å². The summed E-state index contributed by atoms with van der Waals surface area (Å²) in [6.45, 7) is 1.84. The molecule has 0 spiro atoms. The molecule has 1 saturated heterocycles. The van der Waals surface area contributed by atoms with E-state index in [0.717, 1.165) is 5.69 Å². The Kier molecular flexibility index (Phi) is 7.34. The smallest absolute Gasteiger partial charge is 0.252 e. The number of piperazine rings is 1. The van der Waals surface area contributed by atoms with E-state index in [1.807, 2.05) is 36.4 Å². The molecule has 7 nitrogen and oxygen atoms in total. The standard InChI is InChI=1S/C27H27N3O4/c31-19-24(27(34)30-16-14-29(15-17-30)23-12-5-2-6-13-23)28-26(33)22-11-7-10-21(18-22)25(32)20-8-3-1-4-9-20/h1-13,18,24,31H,14-17,19H2,(H,28,33)/t24-/m0/s1. The quantitative estimate of drug-likeness (QED) is 0.532. The minimum absolute atomic E-state index is 0.193. The second kappa shape index (κ2) is 10.8. The van der Waals surface area contributed by atoms with Gasteiger partial charge in [0.05, 0.1) is 6.61 Å². The van der Waals surface area contributed by atoms with Crippen LogP contribution in [0, 0.1) is 0 Å². The highest BCUT2D eigenvalue weighted by atomic mass is 16.3. The Morgan fingerprint density at radius 2 is 1.35 bits per heavy atom. The summed E-state index contributed by atoms with van der Waals surface area (Å²) in [7, 11) is 0. The molecule has 0 saturated carbocycles. The first-order valence-electron chi connectivity index (χ1n) is 11.3. The maximum Gasteiger partial charge on any atom is 0.252 e. The first-order chi connectivity index (χ1) is 16.6. The molecule has 0 unspecified atom stereocenters. The van der Waals surface area contributed by atoms with E-state index in [9.17, 15) is 19.5 Å². The summed E-state index contributed by atoms with van der Waals surface area (Å²) in [5.41, 5.74) is 2.26. The monoisotopic (exact) mass is 457 g/mol. The van der Waals surface area contributed by atoms with Gasteiger partial charge in [-0.25, -0.2) is 0 Å². The zero-order chi connectivity index (χ0) is 23.9. The Hall–Kier alpha value is -3.97. The van der Waals surface area contributed by atoms with Crippen molar-refractivity contribution in [3.63, 3.8) is 0 Å². The van der Waals surface area contributed by atoms with Crippen molar-refractivity contribution in [2.24, 2.45) is 0 Å². The number of rotatable bonds is 7. The molecule has 3 aromatic rings. The zero-order valence-corrected chi connectivity index (χ0v) is 18.8. The summed E-state index contributed by atoms with van der Waals surface area (Å²) in [6.07, 6.45) is 0. The van der Waals surface area contributed by atoms with E-state index in [1.165, 1.54) is 6.07 Å². The number of amides is 2. The number of aliphatic hydroxyl groups excluding tert-OH is 1. The van der Waals surface area contributed by atoms with Gasteiger partial charge in [-0.2, -0.15) is 0 Å². The van der Waals surface area contributed by atoms with E-state index < -0.39 is 18.6 Å². The van der Waals surface area contributed by atoms with Gasteiger partial charge in [0.25, 0.3) is 5.91 Å². The lowest BCUT2D eigenvalue weighted by Crippen LogP contribution is -2.56. The Labute approximate surface area is 198 Å². The van der Waals surface area contributed by atoms with Gasteiger partial charge < -0.3 is 20.2 Å². The topological polar surface area (TPSA) is 89.9 Å². The van der Waals surface area contributed by atoms with Crippen molar-refractivity contribution in [2.75, 3.05) is 37.7 Å². The highest BCUT2D eigenvalue weighted by Gasteiger charge is 2.28. The number of para-hydroxylation sites is 1. The average Bonchev–Trinajstić information content (AvgIpc) is 2.92. The molecule has 34 heavy (non-hydrogen) atoms. The van der Waals surface area contributed by atoms with Crippen LogP contribution in [0.3, 0.4) is 0 Å². The molecule has 4 rings (SSSR count). The maximum atomic E-state index is 13.0. The van der Waals surface area contributed by atoms with Gasteiger partial charge in [0.1, 0.15) is 6.04 Å². The fraction of sp³-hybridized carbons (Fsp3) is 0.222. The molecule has 174 valence electrons. The first kappa shape index (κ1) is 23.2. The summed E-state index contributed by atoms with van der Waals surface area (Å²) in [5, 5.41) is 12.4. The molecule has 0 aromatic heterocycles. The number of carbonyl (C=O) groups excluding carboxylic acids is 3. The maximum absolute atomic E-state index is 13.0. The molecule has 3 aromatic carbocycles. The molecule has 0 bridgehead atoms. The number of anilines is 1. The fourth-order valence-corrected chi connectivity index (χ4v) is 4.03. The van der Waals surface area contributed by atoms with Crippen LogP contribution in [-0.4, -0.2) is 66.4 Å². The Morgan fingerprint density at radius 1 is 0.765 bits per heavy atom. The lowest BCUT2D eigenvalue weighted by Gasteiger charge is -2.37. The molecular formula is C27H27N3O4. The summed E-state index contributed by atoms with van der Waals surface area (Å²) in [4.78, 5) is 42.4. The Bertz CT molecular complexity index is 1140. The number of ketones is 1. The summed E-state index contributed by atoms with van der Waals surface area (Å²) in [5.74, 6) is -1.03. The van der Waals surface area contributed by atoms with Gasteiger partial charge in [0.15, 0.2) is 5.78 Å². The highest BCUT2D eigenvalue weighted by Crippen LogP contribution is 2.16. The van der Waals surface area contributed by atoms with Crippen molar-refractivity contribution >= 4 is 23.3 Å². The number of nitrogens with one attached hydrogen (secondary N) is 1. The summed E-state index contributed by atoms with van der Waals surface area (Å²) >= 11 is 0. The first-order valence-corrected chi connectivity index (χ1v) is 11.3. The van der Waals surface area contributed by atoms with Crippen molar-refractivity contribution in [3.05, 3.63) is 102 Å². The van der Waals surface area contributed by atoms with Crippen LogP contribution in [-0.2, 0) is 4.79 Å². The fourth-order valence-electron chi connectivity index (χ4n) is 4.03. The number of benzene rings is 3. The molecule has 1 fully saturated rings. The predicted molar refractivity (Wildman–Crippen MR) is 130 cm³/mol. The predicted octanol–water partition coefficient (Wildman–Crippen LogP) is 2.36. The van der Waals surface area contributed by atoms with Gasteiger partial charge in [0, 0.05) is 48.6 Å². The van der Waals surface area contributed by atoms with E-state index >= 15 is 0 Å². The Balaban J connectivity index is 1.38. The van der Waals surface area contributed by atoms with Crippen LogP contribution in [0.1, 0.15) is 26.3 Å². The molecule has 1 heterocycles. The minimum Gasteiger partial charge on any atom is -0.394 e. The molecule has 2 amide bonds. The van der Waals surface area contributed by atoms with Gasteiger partial charge in [-0.3, -0.25) is 14.4 Å². The van der Waals surface area contributed by atoms with E-state index in [1.54, 1.807) is 47.4 Å². The number of hydrogen-bond acceptors (Lipinski definition) is 5. The average molecular weight is 458 g/mol. The van der Waals surface area contributed by atoms with Gasteiger partial charge in [-0.05, 0) is 24.3 Å². The Morgan fingerprint density at radius 3 is 2.00 bits per heavy atom. The summed E-state index contributed by atoms with van der Waals surface area (Å²) in [6, 6.07) is 24.1. The van der Waals surface area contributed by atoms with Gasteiger partial charge in [0.2, 0.25) is 5.91 Å². The van der Waals surface area contributed by atoms with Crippen molar-refractivity contribution < 1.29 is 19.5 Å². The van der Waals surface area contributed by atoms with Crippen molar-refractivity contribution in [1.29, 1.82) is 0 Å². The summed E-state index contributed by atoms with van der Waals surface area (Å²) < 4.78 is 0. The lowest BCUT2D eigenvalue weighted by molar-refractivity contribution is -0.134. The zero-order valence-electron chi connectivity index (χ0n) is 18.8. The van der Waals surface area contributed by atoms with Gasteiger partial charge in [-0.15, -0.1) is 0 Å². The van der Waals surface area contributed by atoms with Crippen LogP contribution in [0.25, 0.3) is 0 Å². The largest absolute Gasteiger partial charge is 0.394 e. The van der Waals surface area contributed by atoms with Crippen molar-refractivity contribution in [1.82, 2.24) is 10.2 Å². The SMILES string of the molecule is O=C(N[C@@H](CO)C(=O)N1CCN(c2ccccc2)CC1)c1cccc(C(=O)c2ccccc2)c1. The molecule has 1 aliphatic rings. The molecular weight excluding hydrogens is 430 g/mol. The number of nitrogens with zero attached hydrogens (tertiary/aromatic N) is 2. The lowest BCUT2D eigenvalue weighted by atomic mass is 10.0. The third kappa shape index (κ3) is 5.32. The molecule has 2 N–H and O–H groups in total. The van der Waals surface area contributed by atoms with Gasteiger partial charge in [-0.1, -0.05) is 60.7 Å². The van der Waals surface area contributed by atoms with Crippen LogP contribution in [0.4, 0.5) is 5.69 Å². The highest BCUT2D eigenvalue weighted by molar-refractivity contribution is 6.10. The third-order valence-electron chi connectivity index (χ3n) is 5.92. The van der Waals surface area contributed by atoms with Crippen molar-refractivity contribution in [2.45, 2.75) is 6.04 Å². The van der Waals surface area contributed by atoms with Crippen LogP contribution in [0.2, 0.25) is 0 Å². The third-order valence-corrected chi connectivity index (χ3v) is 5.92. The van der Waals surface area contributed by atoms with E-state index in [0.29, 0.717) is 37.3 Å². The van der Waals surface area contributed by atoms with Gasteiger partial charge >= 0.3 is 0 Å². The molecule has 1 aliphatic heterocycles. The van der Waals surface area contributed by atoms with E-state index in [4.69, 9.17) is 0 Å². The normalized spacial score (nSPS) is 14.4. The molecule has 0 aliphatic carbocycles. The molecule has 1 atom stereocenters. The van der Waals surface area contributed by atoms with Crippen LogP contribution >= 0.6 is 0 Å². The number of aliphatic hydroxyl groups is 1. The second-order valence-electron chi connectivity index (χ2n) is 8.13. The van der Waals surface area contributed by atoms with Crippen LogP contribution in [0.5, 0.6) is 0 Å². The van der Waals surface area contributed by atoms with E-state index in [-0.39, 0.29) is 17.3 Å². The van der Waals surface area contributed by atoms with Crippen LogP contribution < -0.4 is 10.2 Å². The number of hydrogen-bond donors (Lipinski definition) is 2. The number of carbonyl (C=O) groups is 3. The van der Waals surface area contributed by atoms with Crippen molar-refractivity contribution in [3.8, 4) is 0 Å². The second-order valence-corrected chi connectivity index (χ2v) is 8.13.